The Morgan fingerprint density at radius 1 is 1.08 bits per heavy atom. The second-order valence-electron chi connectivity index (χ2n) is 10.9. The van der Waals surface area contributed by atoms with Gasteiger partial charge in [-0.15, -0.1) is 13.2 Å². The van der Waals surface area contributed by atoms with E-state index < -0.39 is 17.5 Å². The maximum Gasteiger partial charge on any atom is 0.309 e. The lowest BCUT2D eigenvalue weighted by atomic mass is 9.94. The number of hydrogen-bond donors (Lipinski definition) is 3. The molecule has 1 aromatic carbocycles. The van der Waals surface area contributed by atoms with Crippen LogP contribution in [0.2, 0.25) is 0 Å². The fourth-order valence-corrected chi connectivity index (χ4v) is 4.94. The fraction of sp³-hybridized carbons (Fsp3) is 0.581. The van der Waals surface area contributed by atoms with Crippen LogP contribution >= 0.6 is 0 Å². The number of hydrogen-bond acceptors (Lipinski definition) is 5. The number of esters is 1. The maximum atomic E-state index is 13.2. The molecule has 1 aliphatic carbocycles. The third kappa shape index (κ3) is 10.1. The highest BCUT2D eigenvalue weighted by Gasteiger charge is 2.35. The molecule has 0 heterocycles. The van der Waals surface area contributed by atoms with Crippen molar-refractivity contribution in [1.82, 2.24) is 10.6 Å². The molecule has 2 rings (SSSR count). The van der Waals surface area contributed by atoms with Crippen LogP contribution in [0.3, 0.4) is 0 Å². The number of ether oxygens (including phenoxy) is 1. The monoisotopic (exact) mass is 526 g/mol. The number of carbonyl (C=O) groups excluding carboxylic acids is 3. The van der Waals surface area contributed by atoms with Crippen LogP contribution in [0.15, 0.2) is 55.6 Å². The fourth-order valence-electron chi connectivity index (χ4n) is 4.94. The number of carbonyl (C=O) groups is 3. The molecule has 7 nitrogen and oxygen atoms in total. The summed E-state index contributed by atoms with van der Waals surface area (Å²) in [6, 6.07) is 9.45. The second kappa shape index (κ2) is 16.1. The lowest BCUT2D eigenvalue weighted by Gasteiger charge is -2.29. The van der Waals surface area contributed by atoms with E-state index in [0.29, 0.717) is 25.7 Å². The summed E-state index contributed by atoms with van der Waals surface area (Å²) < 4.78 is 5.72. The third-order valence-electron chi connectivity index (χ3n) is 7.44. The molecule has 1 aliphatic rings. The summed E-state index contributed by atoms with van der Waals surface area (Å²) in [5, 5.41) is 15.8. The van der Waals surface area contributed by atoms with Gasteiger partial charge in [0.15, 0.2) is 0 Å². The van der Waals surface area contributed by atoms with E-state index in [-0.39, 0.29) is 49.3 Å². The van der Waals surface area contributed by atoms with Gasteiger partial charge in [-0.1, -0.05) is 69.2 Å². The Morgan fingerprint density at radius 2 is 1.76 bits per heavy atom. The van der Waals surface area contributed by atoms with Gasteiger partial charge in [0.25, 0.3) is 0 Å². The van der Waals surface area contributed by atoms with E-state index in [9.17, 15) is 19.5 Å². The summed E-state index contributed by atoms with van der Waals surface area (Å²) in [5.74, 6) is -1.69. The van der Waals surface area contributed by atoms with Crippen LogP contribution in [0, 0.1) is 17.8 Å². The molecule has 210 valence electrons. The summed E-state index contributed by atoms with van der Waals surface area (Å²) in [6.45, 7) is 11.4. The molecule has 2 amide bonds. The second-order valence-corrected chi connectivity index (χ2v) is 10.9. The molecule has 3 unspecified atom stereocenters. The molecule has 38 heavy (non-hydrogen) atoms. The van der Waals surface area contributed by atoms with Crippen LogP contribution in [-0.4, -0.2) is 47.7 Å². The molecular formula is C31H46N2O5. The summed E-state index contributed by atoms with van der Waals surface area (Å²) in [4.78, 5) is 39.0. The predicted molar refractivity (Wildman–Crippen MR) is 150 cm³/mol. The topological polar surface area (TPSA) is 105 Å². The van der Waals surface area contributed by atoms with Crippen molar-refractivity contribution in [3.63, 3.8) is 0 Å². The Balaban J connectivity index is 1.98. The van der Waals surface area contributed by atoms with E-state index in [1.165, 1.54) is 0 Å². The van der Waals surface area contributed by atoms with Crippen molar-refractivity contribution < 1.29 is 24.2 Å². The Bertz CT molecular complexity index is 908. The Hall–Kier alpha value is -2.93. The summed E-state index contributed by atoms with van der Waals surface area (Å²) in [7, 11) is 0. The van der Waals surface area contributed by atoms with Crippen LogP contribution in [0.4, 0.5) is 0 Å². The van der Waals surface area contributed by atoms with Gasteiger partial charge in [0.1, 0.15) is 6.61 Å². The molecule has 0 radical (unpaired) electrons. The summed E-state index contributed by atoms with van der Waals surface area (Å²) in [6.07, 6.45) is 9.12. The molecule has 3 atom stereocenters. The molecule has 3 N–H and O–H groups in total. The van der Waals surface area contributed by atoms with Crippen molar-refractivity contribution in [2.45, 2.75) is 83.2 Å². The number of benzene rings is 1. The standard InChI is InChI=1S/C31H46N2O5/c1-5-7-16-26(19-24-14-9-8-10-15-24)30(37)38-21-27(23(3)4)32-29(36)25(13-6-2)20-28(35)33-31(22-34)17-11-12-18-31/h5-6,8-10,14-15,23,25-27,34H,1-2,7,11-13,16-22H2,3-4H3,(H,32,36)(H,33,35). The van der Waals surface area contributed by atoms with Gasteiger partial charge in [0.2, 0.25) is 11.8 Å². The average molecular weight is 527 g/mol. The molecule has 0 saturated heterocycles. The average Bonchev–Trinajstić information content (AvgIpc) is 3.37. The van der Waals surface area contributed by atoms with Crippen molar-refractivity contribution in [3.8, 4) is 0 Å². The zero-order valence-electron chi connectivity index (χ0n) is 23.1. The van der Waals surface area contributed by atoms with Gasteiger partial charge in [-0.25, -0.2) is 0 Å². The van der Waals surface area contributed by atoms with E-state index in [2.05, 4.69) is 23.8 Å². The molecule has 1 fully saturated rings. The van der Waals surface area contributed by atoms with Crippen LogP contribution < -0.4 is 10.6 Å². The van der Waals surface area contributed by atoms with Gasteiger partial charge < -0.3 is 20.5 Å². The van der Waals surface area contributed by atoms with Crippen molar-refractivity contribution >= 4 is 17.8 Å². The van der Waals surface area contributed by atoms with Gasteiger partial charge in [-0.05, 0) is 50.0 Å². The van der Waals surface area contributed by atoms with Crippen LogP contribution in [0.1, 0.15) is 70.8 Å². The van der Waals surface area contributed by atoms with Crippen LogP contribution in [-0.2, 0) is 25.5 Å². The minimum Gasteiger partial charge on any atom is -0.463 e. The van der Waals surface area contributed by atoms with Gasteiger partial charge in [-0.3, -0.25) is 14.4 Å². The van der Waals surface area contributed by atoms with Crippen molar-refractivity contribution in [2.75, 3.05) is 13.2 Å². The number of amides is 2. The Morgan fingerprint density at radius 3 is 2.34 bits per heavy atom. The first-order valence-electron chi connectivity index (χ1n) is 13.9. The SMILES string of the molecule is C=CCCC(Cc1ccccc1)C(=O)OCC(NC(=O)C(CC=C)CC(=O)NC1(CO)CCCC1)C(C)C. The largest absolute Gasteiger partial charge is 0.463 e. The maximum absolute atomic E-state index is 13.2. The number of aliphatic hydroxyl groups excluding tert-OH is 1. The van der Waals surface area contributed by atoms with E-state index in [1.54, 1.807) is 12.2 Å². The first-order chi connectivity index (χ1) is 18.2. The van der Waals surface area contributed by atoms with Gasteiger partial charge >= 0.3 is 5.97 Å². The zero-order chi connectivity index (χ0) is 28.0. The number of rotatable bonds is 17. The number of allylic oxidation sites excluding steroid dienone is 2. The van der Waals surface area contributed by atoms with E-state index in [4.69, 9.17) is 4.74 Å². The molecule has 7 heteroatoms. The molecule has 0 spiro atoms. The predicted octanol–water partition coefficient (Wildman–Crippen LogP) is 4.50. The molecule has 0 bridgehead atoms. The Labute approximate surface area is 228 Å². The van der Waals surface area contributed by atoms with Gasteiger partial charge in [0.05, 0.1) is 30.0 Å². The lowest BCUT2D eigenvalue weighted by molar-refractivity contribution is -0.150. The summed E-state index contributed by atoms with van der Waals surface area (Å²) >= 11 is 0. The van der Waals surface area contributed by atoms with Gasteiger partial charge in [0, 0.05) is 6.42 Å². The van der Waals surface area contributed by atoms with Crippen LogP contribution in [0.25, 0.3) is 0 Å². The highest BCUT2D eigenvalue weighted by Crippen LogP contribution is 2.29. The zero-order valence-corrected chi connectivity index (χ0v) is 23.1. The number of aliphatic hydroxyl groups is 1. The minimum atomic E-state index is -0.597. The smallest absolute Gasteiger partial charge is 0.309 e. The molecule has 1 aromatic rings. The van der Waals surface area contributed by atoms with E-state index >= 15 is 0 Å². The first-order valence-corrected chi connectivity index (χ1v) is 13.9. The third-order valence-corrected chi connectivity index (χ3v) is 7.44. The molecule has 1 saturated carbocycles. The molecular weight excluding hydrogens is 480 g/mol. The van der Waals surface area contributed by atoms with E-state index in [1.807, 2.05) is 44.2 Å². The minimum absolute atomic E-state index is 0.00487. The summed E-state index contributed by atoms with van der Waals surface area (Å²) in [5.41, 5.74) is 0.487. The van der Waals surface area contributed by atoms with Crippen LogP contribution in [0.5, 0.6) is 0 Å². The highest BCUT2D eigenvalue weighted by molar-refractivity contribution is 5.86. The van der Waals surface area contributed by atoms with Crippen molar-refractivity contribution in [1.29, 1.82) is 0 Å². The van der Waals surface area contributed by atoms with Gasteiger partial charge in [-0.2, -0.15) is 0 Å². The number of nitrogens with one attached hydrogen (secondary N) is 2. The first kappa shape index (κ1) is 31.3. The lowest BCUT2D eigenvalue weighted by Crippen LogP contribution is -2.51. The normalized spacial score (nSPS) is 16.7. The Kier molecular flexibility index (Phi) is 13.3. The molecule has 0 aliphatic heterocycles. The highest BCUT2D eigenvalue weighted by atomic mass is 16.5. The van der Waals surface area contributed by atoms with E-state index in [0.717, 1.165) is 31.2 Å². The quantitative estimate of drug-likeness (QED) is 0.205. The molecule has 0 aromatic heterocycles. The van der Waals surface area contributed by atoms with Crippen molar-refractivity contribution in [3.05, 3.63) is 61.2 Å². The van der Waals surface area contributed by atoms with Crippen molar-refractivity contribution in [2.24, 2.45) is 17.8 Å².